The Kier molecular flexibility index (Phi) is 17.4. The van der Waals surface area contributed by atoms with Crippen LogP contribution < -0.4 is 44.3 Å². The first kappa shape index (κ1) is 31.5. The molecule has 1 rings (SSSR count). The van der Waals surface area contributed by atoms with Crippen LogP contribution in [0.25, 0.3) is 0 Å². The van der Waals surface area contributed by atoms with E-state index < -0.39 is 0 Å². The van der Waals surface area contributed by atoms with E-state index in [2.05, 4.69) is 88.9 Å². The summed E-state index contributed by atoms with van der Waals surface area (Å²) in [4.78, 5) is 5.82. The second kappa shape index (κ2) is 16.0. The quantitative estimate of drug-likeness (QED) is 0.295. The fraction of sp³-hybridized carbons (Fsp3) is 0.750. The predicted octanol–water partition coefficient (Wildman–Crippen LogP) is -2.24. The van der Waals surface area contributed by atoms with Crippen LogP contribution in [0.4, 0.5) is 0 Å². The summed E-state index contributed by atoms with van der Waals surface area (Å²) in [6.45, 7) is 18.5. The fourth-order valence-corrected chi connectivity index (χ4v) is 3.53. The Morgan fingerprint density at radius 2 is 1.00 bits per heavy atom. The summed E-state index contributed by atoms with van der Waals surface area (Å²) in [5.74, 6) is 1.61. The van der Waals surface area contributed by atoms with Crippen molar-refractivity contribution in [2.75, 3.05) is 61.4 Å². The smallest absolute Gasteiger partial charge is 0.779 e. The van der Waals surface area contributed by atoms with Gasteiger partial charge in [-0.15, -0.1) is 0 Å². The number of hydrogen-bond acceptors (Lipinski definition) is 1. The van der Waals surface area contributed by atoms with E-state index in [-0.39, 0.29) is 29.6 Å². The second-order valence-electron chi connectivity index (χ2n) is 9.86. The summed E-state index contributed by atoms with van der Waals surface area (Å²) in [6.07, 6.45) is 0. The molecule has 0 amide bonds. The molecule has 0 aliphatic heterocycles. The maximum atomic E-state index is 5.59. The van der Waals surface area contributed by atoms with E-state index in [1.807, 2.05) is 0 Å². The van der Waals surface area contributed by atoms with Crippen LogP contribution in [0.1, 0.15) is 76.0 Å². The second-order valence-corrected chi connectivity index (χ2v) is 10.3. The van der Waals surface area contributed by atoms with Crippen molar-refractivity contribution in [3.8, 4) is 0 Å². The molecule has 0 bridgehead atoms. The van der Waals surface area contributed by atoms with Crippen molar-refractivity contribution in [3.05, 3.63) is 28.8 Å². The van der Waals surface area contributed by atoms with Gasteiger partial charge in [-0.25, -0.2) is 0 Å². The normalized spacial score (nSPS) is 11.5. The Labute approximate surface area is 210 Å². The number of benzene rings is 1. The van der Waals surface area contributed by atoms with Crippen LogP contribution in [0.3, 0.4) is 0 Å². The third-order valence-electron chi connectivity index (χ3n) is 5.18. The summed E-state index contributed by atoms with van der Waals surface area (Å²) >= 11 is 5.59. The average molecular weight is 435 g/mol. The topological polar surface area (TPSA) is 13.3 Å². The van der Waals surface area contributed by atoms with Gasteiger partial charge >= 0.3 is 29.6 Å². The molecule has 0 saturated carbocycles. The maximum Gasteiger partial charge on any atom is 1.00 e. The number of hydrogen-bond donors (Lipinski definition) is 3. The number of likely N-dealkylation sites (N-methyl/N-ethyl adjacent to an activating group) is 3. The van der Waals surface area contributed by atoms with Gasteiger partial charge in [-0.05, 0) is 23.3 Å². The van der Waals surface area contributed by atoms with E-state index in [4.69, 9.17) is 12.6 Å². The molecule has 0 atom stereocenters. The summed E-state index contributed by atoms with van der Waals surface area (Å²) in [6, 6.07) is 4.59. The van der Waals surface area contributed by atoms with Gasteiger partial charge < -0.3 is 27.3 Å². The standard InChI is InChI=1S/C15H24S.C9H23N3.Na/c1-9(2)12-7-13(10(3)4)15(16)14(8-12)11(5)6;1-10(2)6-8-12(5)9-7-11(3)4;/h7-11,16H,1-6H3;6-9H2,1-5H3;/q;;+1/p+2. The van der Waals surface area contributed by atoms with E-state index in [0.717, 1.165) is 4.90 Å². The molecule has 0 saturated heterocycles. The Bertz CT molecular complexity index is 516. The van der Waals surface area contributed by atoms with Crippen molar-refractivity contribution in [2.24, 2.45) is 0 Å². The molecule has 3 N–H and O–H groups in total. The maximum absolute atomic E-state index is 5.59. The van der Waals surface area contributed by atoms with Crippen molar-refractivity contribution in [1.82, 2.24) is 0 Å². The van der Waals surface area contributed by atoms with Gasteiger partial charge in [0, 0.05) is 0 Å². The van der Waals surface area contributed by atoms with Crippen LogP contribution in [0.5, 0.6) is 0 Å². The third kappa shape index (κ3) is 13.4. The van der Waals surface area contributed by atoms with E-state index >= 15 is 0 Å². The van der Waals surface area contributed by atoms with Crippen molar-refractivity contribution >= 4 is 12.6 Å². The van der Waals surface area contributed by atoms with Crippen molar-refractivity contribution in [2.45, 2.75) is 64.2 Å². The first-order valence-electron chi connectivity index (χ1n) is 11.1. The van der Waals surface area contributed by atoms with Gasteiger partial charge in [0.1, 0.15) is 26.2 Å². The number of nitrogens with one attached hydrogen (secondary N) is 3. The van der Waals surface area contributed by atoms with Crippen molar-refractivity contribution < 1.29 is 44.3 Å². The van der Waals surface area contributed by atoms with Crippen molar-refractivity contribution in [1.29, 1.82) is 0 Å². The van der Waals surface area contributed by atoms with E-state index in [0.29, 0.717) is 17.8 Å². The van der Waals surface area contributed by atoms with Gasteiger partial charge in [0.15, 0.2) is 0 Å². The molecule has 0 unspecified atom stereocenters. The predicted molar refractivity (Wildman–Crippen MR) is 126 cm³/mol. The average Bonchev–Trinajstić information content (AvgIpc) is 2.58. The fourth-order valence-electron chi connectivity index (χ4n) is 2.94. The van der Waals surface area contributed by atoms with Gasteiger partial charge in [0.25, 0.3) is 0 Å². The monoisotopic (exact) mass is 434 g/mol. The van der Waals surface area contributed by atoms with Gasteiger partial charge in [-0.3, -0.25) is 0 Å². The molecular formula is C24H49N3NaS+3. The summed E-state index contributed by atoms with van der Waals surface area (Å²) < 4.78 is 0. The number of quaternary nitrogens is 3. The Morgan fingerprint density at radius 1 is 0.655 bits per heavy atom. The minimum atomic E-state index is 0. The zero-order valence-corrected chi connectivity index (χ0v) is 24.4. The molecule has 164 valence electrons. The van der Waals surface area contributed by atoms with Gasteiger partial charge in [-0.2, -0.15) is 4.90 Å². The zero-order valence-electron chi connectivity index (χ0n) is 21.6. The molecule has 0 aromatic heterocycles. The van der Waals surface area contributed by atoms with Gasteiger partial charge in [0.05, 0.1) is 35.2 Å². The van der Waals surface area contributed by atoms with Gasteiger partial charge in [0.2, 0.25) is 0 Å². The minimum Gasteiger partial charge on any atom is -0.779 e. The van der Waals surface area contributed by atoms with Crippen LogP contribution in [-0.4, -0.2) is 61.4 Å². The molecule has 29 heavy (non-hydrogen) atoms. The number of rotatable bonds is 9. The summed E-state index contributed by atoms with van der Waals surface area (Å²) in [7, 11) is 11.1. The van der Waals surface area contributed by atoms with E-state index in [1.54, 1.807) is 14.7 Å². The summed E-state index contributed by atoms with van der Waals surface area (Å²) in [5.41, 5.74) is 4.09. The van der Waals surface area contributed by atoms with Gasteiger partial charge in [-0.1, -0.05) is 64.8 Å². The first-order chi connectivity index (χ1) is 12.9. The van der Waals surface area contributed by atoms with Crippen LogP contribution in [0.2, 0.25) is 0 Å². The first-order valence-corrected chi connectivity index (χ1v) is 11.5. The molecular weight excluding hydrogens is 385 g/mol. The third-order valence-corrected chi connectivity index (χ3v) is 5.65. The van der Waals surface area contributed by atoms with E-state index in [1.165, 1.54) is 42.9 Å². The van der Waals surface area contributed by atoms with Crippen LogP contribution in [0, 0.1) is 0 Å². The Balaban J connectivity index is 0. The molecule has 3 nitrogen and oxygen atoms in total. The molecule has 5 heteroatoms. The molecule has 0 spiro atoms. The Hall–Kier alpha value is 0.320. The summed E-state index contributed by atoms with van der Waals surface area (Å²) in [5, 5.41) is 0. The van der Waals surface area contributed by atoms with Crippen molar-refractivity contribution in [3.63, 3.8) is 0 Å². The van der Waals surface area contributed by atoms with E-state index in [9.17, 15) is 0 Å². The molecule has 1 aromatic carbocycles. The molecule has 0 heterocycles. The largest absolute Gasteiger partial charge is 1.00 e. The van der Waals surface area contributed by atoms with Crippen LogP contribution in [0.15, 0.2) is 17.0 Å². The molecule has 0 aliphatic carbocycles. The molecule has 0 aliphatic rings. The molecule has 0 radical (unpaired) electrons. The molecule has 0 fully saturated rings. The Morgan fingerprint density at radius 3 is 1.24 bits per heavy atom. The SMILES string of the molecule is CC(C)c1cc(C(C)C)c([S-])c(C(C)C)c1.C[NH+](C)CC[NH+](C)CC[NH+](C)C.[Na+]. The van der Waals surface area contributed by atoms with Crippen LogP contribution in [-0.2, 0) is 12.6 Å². The minimum absolute atomic E-state index is 0. The van der Waals surface area contributed by atoms with Crippen LogP contribution >= 0.6 is 0 Å². The molecule has 1 aromatic rings. The zero-order chi connectivity index (χ0) is 22.0.